The van der Waals surface area contributed by atoms with E-state index in [1.165, 1.54) is 18.2 Å². The van der Waals surface area contributed by atoms with Crippen LogP contribution < -0.4 is 4.74 Å². The number of carbonyl (C=O) groups is 1. The Morgan fingerprint density at radius 3 is 2.29 bits per heavy atom. The Bertz CT molecular complexity index is 833. The quantitative estimate of drug-likeness (QED) is 0.432. The van der Waals surface area contributed by atoms with Crippen molar-refractivity contribution in [3.8, 4) is 17.2 Å². The van der Waals surface area contributed by atoms with Crippen molar-refractivity contribution >= 4 is 11.9 Å². The monoisotopic (exact) mass is 382 g/mol. The van der Waals surface area contributed by atoms with E-state index >= 15 is 0 Å². The molecule has 2 aromatic carbocycles. The van der Waals surface area contributed by atoms with Gasteiger partial charge in [0.05, 0.1) is 6.10 Å². The number of allylic oxidation sites excluding steroid dienone is 1. The summed E-state index contributed by atoms with van der Waals surface area (Å²) in [6, 6.07) is 8.09. The number of hydrogen-bond acceptors (Lipinski definition) is 4. The first-order chi connectivity index (χ1) is 13.4. The summed E-state index contributed by atoms with van der Waals surface area (Å²) in [6.45, 7) is 8.03. The van der Waals surface area contributed by atoms with E-state index in [-0.39, 0.29) is 17.6 Å². The highest BCUT2D eigenvalue weighted by atomic mass is 16.5. The van der Waals surface area contributed by atoms with Gasteiger partial charge in [-0.05, 0) is 74.7 Å². The molecule has 0 atom stereocenters. The lowest BCUT2D eigenvalue weighted by molar-refractivity contribution is 0.104. The van der Waals surface area contributed by atoms with Gasteiger partial charge in [-0.2, -0.15) is 0 Å². The summed E-state index contributed by atoms with van der Waals surface area (Å²) < 4.78 is 6.04. The molecule has 0 saturated carbocycles. The maximum atomic E-state index is 12.5. The molecule has 150 valence electrons. The van der Waals surface area contributed by atoms with Crippen LogP contribution in [0.2, 0.25) is 0 Å². The third kappa shape index (κ3) is 5.38. The van der Waals surface area contributed by atoms with E-state index in [1.807, 2.05) is 19.9 Å². The lowest BCUT2D eigenvalue weighted by Crippen LogP contribution is -2.10. The predicted octanol–water partition coefficient (Wildman–Crippen LogP) is 5.69. The van der Waals surface area contributed by atoms with Crippen LogP contribution >= 0.6 is 0 Å². The standard InChI is InChI=1S/C24H30O4/c1-5-7-18-15-19(11-14-22(26)17-9-12-20(25)13-10-17)24(28-16(3)4)21(8-6-2)23(18)27/h9-16,25,27H,5-8H2,1-4H3/b14-11+. The Labute approximate surface area is 167 Å². The molecule has 2 N–H and O–H groups in total. The second kappa shape index (κ2) is 9.98. The fourth-order valence-electron chi connectivity index (χ4n) is 3.13. The molecule has 0 spiro atoms. The Hall–Kier alpha value is -2.75. The van der Waals surface area contributed by atoms with Crippen molar-refractivity contribution in [2.75, 3.05) is 0 Å². The minimum Gasteiger partial charge on any atom is -0.508 e. The molecule has 0 aliphatic rings. The zero-order valence-corrected chi connectivity index (χ0v) is 17.2. The number of carbonyl (C=O) groups excluding carboxylic acids is 1. The van der Waals surface area contributed by atoms with Gasteiger partial charge >= 0.3 is 0 Å². The van der Waals surface area contributed by atoms with E-state index in [0.29, 0.717) is 23.5 Å². The molecule has 0 bridgehead atoms. The highest BCUT2D eigenvalue weighted by Gasteiger charge is 2.18. The summed E-state index contributed by atoms with van der Waals surface area (Å²) in [4.78, 5) is 12.5. The smallest absolute Gasteiger partial charge is 0.185 e. The molecule has 2 rings (SSSR count). The molecule has 2 aromatic rings. The van der Waals surface area contributed by atoms with E-state index in [9.17, 15) is 15.0 Å². The number of aryl methyl sites for hydroxylation is 1. The Morgan fingerprint density at radius 2 is 1.71 bits per heavy atom. The van der Waals surface area contributed by atoms with Gasteiger partial charge in [0.1, 0.15) is 17.2 Å². The number of benzene rings is 2. The summed E-state index contributed by atoms with van der Waals surface area (Å²) in [5.74, 6) is 0.920. The zero-order valence-electron chi connectivity index (χ0n) is 17.2. The summed E-state index contributed by atoms with van der Waals surface area (Å²) >= 11 is 0. The fraction of sp³-hybridized carbons (Fsp3) is 0.375. The summed E-state index contributed by atoms with van der Waals surface area (Å²) in [6.07, 6.45) is 6.48. The molecule has 4 nitrogen and oxygen atoms in total. The van der Waals surface area contributed by atoms with Crippen LogP contribution in [0.3, 0.4) is 0 Å². The van der Waals surface area contributed by atoms with Crippen molar-refractivity contribution in [2.24, 2.45) is 0 Å². The lowest BCUT2D eigenvalue weighted by atomic mass is 9.96. The largest absolute Gasteiger partial charge is 0.508 e. The Morgan fingerprint density at radius 1 is 1.07 bits per heavy atom. The topological polar surface area (TPSA) is 66.8 Å². The van der Waals surface area contributed by atoms with E-state index in [1.54, 1.807) is 18.2 Å². The van der Waals surface area contributed by atoms with Crippen molar-refractivity contribution in [1.82, 2.24) is 0 Å². The molecule has 0 aliphatic carbocycles. The summed E-state index contributed by atoms with van der Waals surface area (Å²) in [5.41, 5.74) is 2.98. The van der Waals surface area contributed by atoms with Gasteiger partial charge < -0.3 is 14.9 Å². The highest BCUT2D eigenvalue weighted by molar-refractivity contribution is 6.07. The first-order valence-electron chi connectivity index (χ1n) is 9.93. The van der Waals surface area contributed by atoms with Gasteiger partial charge in [-0.3, -0.25) is 4.79 Å². The maximum absolute atomic E-state index is 12.5. The number of ketones is 1. The molecule has 0 unspecified atom stereocenters. The number of hydrogen-bond donors (Lipinski definition) is 2. The van der Waals surface area contributed by atoms with E-state index < -0.39 is 0 Å². The van der Waals surface area contributed by atoms with Crippen molar-refractivity contribution in [3.63, 3.8) is 0 Å². The fourth-order valence-corrected chi connectivity index (χ4v) is 3.13. The number of rotatable bonds is 9. The van der Waals surface area contributed by atoms with E-state index in [2.05, 4.69) is 13.8 Å². The van der Waals surface area contributed by atoms with Gasteiger partial charge in [0.25, 0.3) is 0 Å². The van der Waals surface area contributed by atoms with Crippen molar-refractivity contribution < 1.29 is 19.7 Å². The molecule has 0 aromatic heterocycles. The minimum absolute atomic E-state index is 0.0491. The van der Waals surface area contributed by atoms with Gasteiger partial charge in [0.2, 0.25) is 0 Å². The van der Waals surface area contributed by atoms with Gasteiger partial charge in [-0.15, -0.1) is 0 Å². The van der Waals surface area contributed by atoms with Gasteiger partial charge in [-0.1, -0.05) is 26.7 Å². The molecule has 0 radical (unpaired) electrons. The molecular weight excluding hydrogens is 352 g/mol. The van der Waals surface area contributed by atoms with E-state index in [4.69, 9.17) is 4.74 Å². The minimum atomic E-state index is -0.155. The molecule has 0 saturated heterocycles. The molecule has 0 fully saturated rings. The SMILES string of the molecule is CCCc1cc(/C=C/C(=O)c2ccc(O)cc2)c(OC(C)C)c(CCC)c1O. The van der Waals surface area contributed by atoms with Crippen molar-refractivity contribution in [1.29, 1.82) is 0 Å². The highest BCUT2D eigenvalue weighted by Crippen LogP contribution is 2.38. The first-order valence-corrected chi connectivity index (χ1v) is 9.93. The van der Waals surface area contributed by atoms with Crippen LogP contribution in [0.4, 0.5) is 0 Å². The van der Waals surface area contributed by atoms with Gasteiger partial charge in [0, 0.05) is 16.7 Å². The van der Waals surface area contributed by atoms with Crippen molar-refractivity contribution in [2.45, 2.75) is 59.5 Å². The predicted molar refractivity (Wildman–Crippen MR) is 113 cm³/mol. The lowest BCUT2D eigenvalue weighted by Gasteiger charge is -2.20. The number of phenolic OH excluding ortho intramolecular Hbond substituents is 2. The average molecular weight is 383 g/mol. The Balaban J connectivity index is 2.49. The van der Waals surface area contributed by atoms with E-state index in [0.717, 1.165) is 36.0 Å². The van der Waals surface area contributed by atoms with Gasteiger partial charge in [0.15, 0.2) is 5.78 Å². The number of aromatic hydroxyl groups is 2. The molecule has 0 amide bonds. The molecular formula is C24H30O4. The van der Waals surface area contributed by atoms with Crippen LogP contribution in [0.25, 0.3) is 6.08 Å². The summed E-state index contributed by atoms with van der Waals surface area (Å²) in [7, 11) is 0. The third-order valence-electron chi connectivity index (χ3n) is 4.40. The van der Waals surface area contributed by atoms with Crippen LogP contribution in [0.15, 0.2) is 36.4 Å². The maximum Gasteiger partial charge on any atom is 0.185 e. The zero-order chi connectivity index (χ0) is 20.7. The number of phenols is 2. The van der Waals surface area contributed by atoms with Crippen LogP contribution in [0.1, 0.15) is 67.6 Å². The third-order valence-corrected chi connectivity index (χ3v) is 4.40. The molecule has 0 heterocycles. The molecule has 4 heteroatoms. The van der Waals surface area contributed by atoms with Crippen LogP contribution in [-0.4, -0.2) is 22.1 Å². The van der Waals surface area contributed by atoms with Crippen molar-refractivity contribution in [3.05, 3.63) is 58.7 Å². The normalized spacial score (nSPS) is 11.3. The first kappa shape index (κ1) is 21.5. The molecule has 0 aliphatic heterocycles. The van der Waals surface area contributed by atoms with Crippen LogP contribution in [0.5, 0.6) is 17.2 Å². The number of ether oxygens (including phenoxy) is 1. The summed E-state index contributed by atoms with van der Waals surface area (Å²) in [5, 5.41) is 20.1. The second-order valence-electron chi connectivity index (χ2n) is 7.19. The van der Waals surface area contributed by atoms with Crippen LogP contribution in [-0.2, 0) is 12.8 Å². The molecule has 28 heavy (non-hydrogen) atoms. The van der Waals surface area contributed by atoms with Crippen LogP contribution in [0, 0.1) is 0 Å². The Kier molecular flexibility index (Phi) is 7.68. The van der Waals surface area contributed by atoms with Gasteiger partial charge in [-0.25, -0.2) is 0 Å². The average Bonchev–Trinajstić information content (AvgIpc) is 2.66. The second-order valence-corrected chi connectivity index (χ2v) is 7.19.